The largest absolute Gasteiger partial charge is 0.478 e. The Labute approximate surface area is 110 Å². The number of carboxylic acid groups (broad SMARTS) is 1. The lowest BCUT2D eigenvalue weighted by Crippen LogP contribution is -2.27. The second-order valence-corrected chi connectivity index (χ2v) is 4.77. The van der Waals surface area contributed by atoms with Crippen molar-refractivity contribution in [2.24, 2.45) is 0 Å². The van der Waals surface area contributed by atoms with E-state index in [1.165, 1.54) is 18.2 Å². The highest BCUT2D eigenvalue weighted by Gasteiger charge is 2.19. The Hall–Kier alpha value is -2.55. The van der Waals surface area contributed by atoms with Crippen molar-refractivity contribution in [1.82, 2.24) is 0 Å². The first-order valence-corrected chi connectivity index (χ1v) is 5.51. The van der Waals surface area contributed by atoms with Crippen LogP contribution in [0.15, 0.2) is 18.2 Å². The monoisotopic (exact) mass is 262 g/mol. The fraction of sp³-hybridized carbons (Fsp3) is 0.308. The summed E-state index contributed by atoms with van der Waals surface area (Å²) >= 11 is 0. The number of nitrogens with zero attached hydrogens (tertiary/aromatic N) is 1. The molecule has 100 valence electrons. The van der Waals surface area contributed by atoms with Crippen LogP contribution >= 0.6 is 0 Å². The van der Waals surface area contributed by atoms with Crippen LogP contribution in [0.25, 0.3) is 0 Å². The van der Waals surface area contributed by atoms with Crippen molar-refractivity contribution < 1.29 is 19.4 Å². The van der Waals surface area contributed by atoms with Gasteiger partial charge >= 0.3 is 12.1 Å². The van der Waals surface area contributed by atoms with E-state index < -0.39 is 17.7 Å². The van der Waals surface area contributed by atoms with Crippen molar-refractivity contribution in [2.45, 2.75) is 26.4 Å². The second kappa shape index (κ2) is 5.40. The number of hydrogen-bond acceptors (Lipinski definition) is 4. The lowest BCUT2D eigenvalue weighted by atomic mass is 10.1. The Bertz CT molecular complexity index is 553. The molecule has 0 radical (unpaired) electrons. The predicted molar refractivity (Wildman–Crippen MR) is 68.0 cm³/mol. The molecule has 1 amide bonds. The van der Waals surface area contributed by atoms with E-state index in [-0.39, 0.29) is 16.8 Å². The summed E-state index contributed by atoms with van der Waals surface area (Å²) in [5.41, 5.74) is -0.852. The second-order valence-electron chi connectivity index (χ2n) is 4.77. The van der Waals surface area contributed by atoms with Crippen LogP contribution in [0.1, 0.15) is 36.7 Å². The number of nitrogens with one attached hydrogen (secondary N) is 1. The van der Waals surface area contributed by atoms with Crippen molar-refractivity contribution in [3.8, 4) is 6.07 Å². The summed E-state index contributed by atoms with van der Waals surface area (Å²) in [5.74, 6) is -1.23. The van der Waals surface area contributed by atoms with Crippen LogP contribution in [0.4, 0.5) is 10.5 Å². The first kappa shape index (κ1) is 14.5. The summed E-state index contributed by atoms with van der Waals surface area (Å²) in [7, 11) is 0. The van der Waals surface area contributed by atoms with Gasteiger partial charge in [-0.2, -0.15) is 5.26 Å². The molecule has 1 aromatic carbocycles. The van der Waals surface area contributed by atoms with E-state index in [1.807, 2.05) is 0 Å². The topological polar surface area (TPSA) is 99.4 Å². The van der Waals surface area contributed by atoms with Crippen molar-refractivity contribution in [1.29, 1.82) is 5.26 Å². The number of amides is 1. The van der Waals surface area contributed by atoms with E-state index >= 15 is 0 Å². The first-order chi connectivity index (χ1) is 8.74. The van der Waals surface area contributed by atoms with Crippen LogP contribution in [0.5, 0.6) is 0 Å². The average molecular weight is 262 g/mol. The van der Waals surface area contributed by atoms with Gasteiger partial charge in [-0.25, -0.2) is 9.59 Å². The molecule has 0 saturated carbocycles. The van der Waals surface area contributed by atoms with Crippen LogP contribution in [-0.4, -0.2) is 22.8 Å². The van der Waals surface area contributed by atoms with Gasteiger partial charge in [-0.1, -0.05) is 6.07 Å². The molecule has 1 aromatic rings. The van der Waals surface area contributed by atoms with Gasteiger partial charge in [0.2, 0.25) is 0 Å². The number of carboxylic acids is 1. The minimum atomic E-state index is -1.23. The smallest absolute Gasteiger partial charge is 0.412 e. The normalized spacial score (nSPS) is 10.4. The lowest BCUT2D eigenvalue weighted by Gasteiger charge is -2.20. The zero-order valence-electron chi connectivity index (χ0n) is 10.9. The number of carbonyl (C=O) groups excluding carboxylic acids is 1. The highest BCUT2D eigenvalue weighted by molar-refractivity contribution is 5.95. The maximum Gasteiger partial charge on any atom is 0.412 e. The first-order valence-electron chi connectivity index (χ1n) is 5.51. The number of nitriles is 1. The Kier molecular flexibility index (Phi) is 4.12. The van der Waals surface area contributed by atoms with Gasteiger partial charge in [0.15, 0.2) is 0 Å². The van der Waals surface area contributed by atoms with Crippen molar-refractivity contribution >= 4 is 17.7 Å². The van der Waals surface area contributed by atoms with Crippen LogP contribution < -0.4 is 5.32 Å². The number of ether oxygens (including phenoxy) is 1. The van der Waals surface area contributed by atoms with Gasteiger partial charge in [-0.15, -0.1) is 0 Å². The SMILES string of the molecule is CC(C)(C)OC(=O)Nc1cccc(C(=O)O)c1C#N. The third-order valence-corrected chi connectivity index (χ3v) is 2.04. The fourth-order valence-corrected chi connectivity index (χ4v) is 1.37. The van der Waals surface area contributed by atoms with E-state index in [1.54, 1.807) is 26.8 Å². The summed E-state index contributed by atoms with van der Waals surface area (Å²) in [6.07, 6.45) is -0.744. The average Bonchev–Trinajstić information content (AvgIpc) is 2.25. The quantitative estimate of drug-likeness (QED) is 0.853. The van der Waals surface area contributed by atoms with Gasteiger partial charge in [-0.05, 0) is 32.9 Å². The van der Waals surface area contributed by atoms with Crippen LogP contribution in [-0.2, 0) is 4.74 Å². The van der Waals surface area contributed by atoms with Crippen molar-refractivity contribution in [3.05, 3.63) is 29.3 Å². The molecular formula is C13H14N2O4. The Morgan fingerprint density at radius 2 is 2.00 bits per heavy atom. The Balaban J connectivity index is 3.03. The number of hydrogen-bond donors (Lipinski definition) is 2. The third kappa shape index (κ3) is 4.00. The van der Waals surface area contributed by atoms with Crippen molar-refractivity contribution in [2.75, 3.05) is 5.32 Å². The maximum atomic E-state index is 11.6. The van der Waals surface area contributed by atoms with E-state index in [4.69, 9.17) is 15.1 Å². The molecule has 2 N–H and O–H groups in total. The van der Waals surface area contributed by atoms with E-state index in [0.717, 1.165) is 0 Å². The molecule has 6 nitrogen and oxygen atoms in total. The molecule has 0 heterocycles. The molecule has 0 fully saturated rings. The maximum absolute atomic E-state index is 11.6. The number of aromatic carboxylic acids is 1. The van der Waals surface area contributed by atoms with Crippen LogP contribution in [0.3, 0.4) is 0 Å². The zero-order valence-corrected chi connectivity index (χ0v) is 10.9. The summed E-state index contributed by atoms with van der Waals surface area (Å²) in [5, 5.41) is 20.3. The molecule has 0 atom stereocenters. The third-order valence-electron chi connectivity index (χ3n) is 2.04. The van der Waals surface area contributed by atoms with E-state index in [0.29, 0.717) is 0 Å². The molecule has 1 rings (SSSR count). The minimum absolute atomic E-state index is 0.108. The molecule has 0 spiro atoms. The highest BCUT2D eigenvalue weighted by Crippen LogP contribution is 2.20. The predicted octanol–water partition coefficient (Wildman–Crippen LogP) is 2.60. The molecule has 0 saturated heterocycles. The fourth-order valence-electron chi connectivity index (χ4n) is 1.37. The standard InChI is InChI=1S/C13H14N2O4/c1-13(2,3)19-12(18)15-10-6-4-5-8(11(16)17)9(10)7-14/h4-6H,1-3H3,(H,15,18)(H,16,17). The lowest BCUT2D eigenvalue weighted by molar-refractivity contribution is 0.0632. The molecule has 6 heteroatoms. The summed E-state index contributed by atoms with van der Waals surface area (Å²) < 4.78 is 5.03. The van der Waals surface area contributed by atoms with E-state index in [2.05, 4.69) is 5.32 Å². The van der Waals surface area contributed by atoms with Gasteiger partial charge in [-0.3, -0.25) is 5.32 Å². The summed E-state index contributed by atoms with van der Waals surface area (Å²) in [6, 6.07) is 5.94. The van der Waals surface area contributed by atoms with Gasteiger partial charge < -0.3 is 9.84 Å². The molecule has 0 aromatic heterocycles. The van der Waals surface area contributed by atoms with Gasteiger partial charge in [0.05, 0.1) is 16.8 Å². The number of carbonyl (C=O) groups is 2. The molecule has 0 aliphatic rings. The van der Waals surface area contributed by atoms with Gasteiger partial charge in [0, 0.05) is 0 Å². The van der Waals surface area contributed by atoms with Crippen LogP contribution in [0.2, 0.25) is 0 Å². The zero-order chi connectivity index (χ0) is 14.6. The summed E-state index contributed by atoms with van der Waals surface area (Å²) in [6.45, 7) is 5.10. The number of rotatable bonds is 2. The van der Waals surface area contributed by atoms with E-state index in [9.17, 15) is 9.59 Å². The molecule has 19 heavy (non-hydrogen) atoms. The molecule has 0 aliphatic heterocycles. The highest BCUT2D eigenvalue weighted by atomic mass is 16.6. The molecule has 0 bridgehead atoms. The van der Waals surface area contributed by atoms with Crippen molar-refractivity contribution in [3.63, 3.8) is 0 Å². The van der Waals surface area contributed by atoms with Gasteiger partial charge in [0.1, 0.15) is 11.7 Å². The molecular weight excluding hydrogens is 248 g/mol. The Morgan fingerprint density at radius 3 is 2.47 bits per heavy atom. The van der Waals surface area contributed by atoms with Gasteiger partial charge in [0.25, 0.3) is 0 Å². The van der Waals surface area contributed by atoms with Crippen LogP contribution in [0, 0.1) is 11.3 Å². The molecule has 0 unspecified atom stereocenters. The molecule has 0 aliphatic carbocycles. The summed E-state index contributed by atoms with van der Waals surface area (Å²) in [4.78, 5) is 22.5. The Morgan fingerprint density at radius 1 is 1.37 bits per heavy atom. The number of benzene rings is 1. The minimum Gasteiger partial charge on any atom is -0.478 e. The number of anilines is 1.